The van der Waals surface area contributed by atoms with Crippen LogP contribution in [0, 0.1) is 6.92 Å². The Hall–Kier alpha value is -2.04. The molecular formula is C14H19NO4. The van der Waals surface area contributed by atoms with Crippen molar-refractivity contribution in [3.63, 3.8) is 0 Å². The van der Waals surface area contributed by atoms with Crippen LogP contribution in [0.25, 0.3) is 0 Å². The minimum Gasteiger partial charge on any atom is -0.496 e. The summed E-state index contributed by atoms with van der Waals surface area (Å²) in [7, 11) is 2.86. The Balaban J connectivity index is 2.94. The molecule has 0 bridgehead atoms. The van der Waals surface area contributed by atoms with Gasteiger partial charge in [-0.1, -0.05) is 6.07 Å². The smallest absolute Gasteiger partial charge is 0.325 e. The standard InChI is InChI=1S/C14H19NO4/c1-5-15(9-13(16)19-4)14(17)11-7-6-10(2)12(8-11)18-3/h6-8H,5,9H2,1-4H3. The van der Waals surface area contributed by atoms with E-state index in [1.165, 1.54) is 12.0 Å². The highest BCUT2D eigenvalue weighted by Gasteiger charge is 2.18. The molecule has 1 aromatic carbocycles. The minimum absolute atomic E-state index is 0.0535. The lowest BCUT2D eigenvalue weighted by Gasteiger charge is -2.20. The maximum absolute atomic E-state index is 12.3. The number of carbonyl (C=O) groups excluding carboxylic acids is 2. The summed E-state index contributed by atoms with van der Waals surface area (Å²) in [6, 6.07) is 5.22. The number of aryl methyl sites for hydroxylation is 1. The van der Waals surface area contributed by atoms with Crippen LogP contribution < -0.4 is 4.74 Å². The fourth-order valence-corrected chi connectivity index (χ4v) is 1.68. The van der Waals surface area contributed by atoms with E-state index in [1.807, 2.05) is 19.9 Å². The van der Waals surface area contributed by atoms with E-state index in [0.717, 1.165) is 5.56 Å². The number of hydrogen-bond acceptors (Lipinski definition) is 4. The minimum atomic E-state index is -0.436. The zero-order chi connectivity index (χ0) is 14.4. The molecule has 0 saturated carbocycles. The molecule has 104 valence electrons. The van der Waals surface area contributed by atoms with E-state index in [4.69, 9.17) is 4.74 Å². The average molecular weight is 265 g/mol. The van der Waals surface area contributed by atoms with Crippen molar-refractivity contribution in [3.8, 4) is 5.75 Å². The molecule has 0 spiro atoms. The number of ether oxygens (including phenoxy) is 2. The predicted octanol–water partition coefficient (Wildman–Crippen LogP) is 1.64. The first kappa shape index (κ1) is 15.0. The molecule has 0 aliphatic carbocycles. The molecule has 0 aliphatic heterocycles. The molecule has 1 aromatic rings. The molecule has 1 amide bonds. The predicted molar refractivity (Wildman–Crippen MR) is 71.3 cm³/mol. The van der Waals surface area contributed by atoms with Crippen molar-refractivity contribution in [3.05, 3.63) is 29.3 Å². The third kappa shape index (κ3) is 3.71. The first-order valence-electron chi connectivity index (χ1n) is 6.04. The molecule has 5 nitrogen and oxygen atoms in total. The fourth-order valence-electron chi connectivity index (χ4n) is 1.68. The third-order valence-electron chi connectivity index (χ3n) is 2.87. The van der Waals surface area contributed by atoms with Crippen molar-refractivity contribution in [2.45, 2.75) is 13.8 Å². The van der Waals surface area contributed by atoms with Gasteiger partial charge in [0.25, 0.3) is 5.91 Å². The second-order valence-electron chi connectivity index (χ2n) is 4.08. The summed E-state index contributed by atoms with van der Waals surface area (Å²) in [6.45, 7) is 4.09. The number of carbonyl (C=O) groups is 2. The molecule has 0 radical (unpaired) electrons. The number of nitrogens with zero attached hydrogens (tertiary/aromatic N) is 1. The summed E-state index contributed by atoms with van der Waals surface area (Å²) in [5.74, 6) is 0.000415. The number of likely N-dealkylation sites (N-methyl/N-ethyl adjacent to an activating group) is 1. The van der Waals surface area contributed by atoms with Crippen LogP contribution in [0.3, 0.4) is 0 Å². The lowest BCUT2D eigenvalue weighted by molar-refractivity contribution is -0.141. The summed E-state index contributed by atoms with van der Waals surface area (Å²) in [5, 5.41) is 0. The van der Waals surface area contributed by atoms with Crippen LogP contribution in [0.4, 0.5) is 0 Å². The quantitative estimate of drug-likeness (QED) is 0.759. The van der Waals surface area contributed by atoms with Crippen molar-refractivity contribution < 1.29 is 19.1 Å². The number of esters is 1. The van der Waals surface area contributed by atoms with Gasteiger partial charge in [0.05, 0.1) is 14.2 Å². The molecule has 1 rings (SSSR count). The van der Waals surface area contributed by atoms with E-state index < -0.39 is 5.97 Å². The van der Waals surface area contributed by atoms with Gasteiger partial charge in [0.1, 0.15) is 12.3 Å². The van der Waals surface area contributed by atoms with Crippen LogP contribution in [0.2, 0.25) is 0 Å². The molecule has 0 N–H and O–H groups in total. The highest BCUT2D eigenvalue weighted by Crippen LogP contribution is 2.20. The Morgan fingerprint density at radius 1 is 1.26 bits per heavy atom. The number of hydrogen-bond donors (Lipinski definition) is 0. The van der Waals surface area contributed by atoms with Crippen molar-refractivity contribution in [2.75, 3.05) is 27.3 Å². The molecule has 0 fully saturated rings. The van der Waals surface area contributed by atoms with Crippen molar-refractivity contribution in [1.29, 1.82) is 0 Å². The summed E-state index contributed by atoms with van der Waals surface area (Å²) in [6.07, 6.45) is 0. The van der Waals surface area contributed by atoms with Gasteiger partial charge >= 0.3 is 5.97 Å². The fraction of sp³-hybridized carbons (Fsp3) is 0.429. The van der Waals surface area contributed by atoms with Crippen LogP contribution >= 0.6 is 0 Å². The maximum Gasteiger partial charge on any atom is 0.325 e. The number of methoxy groups -OCH3 is 2. The van der Waals surface area contributed by atoms with Gasteiger partial charge in [-0.25, -0.2) is 0 Å². The Kier molecular flexibility index (Phi) is 5.36. The highest BCUT2D eigenvalue weighted by molar-refractivity contribution is 5.96. The van der Waals surface area contributed by atoms with Crippen LogP contribution in [-0.2, 0) is 9.53 Å². The number of amides is 1. The zero-order valence-electron chi connectivity index (χ0n) is 11.7. The Morgan fingerprint density at radius 2 is 1.95 bits per heavy atom. The van der Waals surface area contributed by atoms with Crippen molar-refractivity contribution in [2.24, 2.45) is 0 Å². The summed E-state index contributed by atoms with van der Waals surface area (Å²) in [4.78, 5) is 24.9. The molecule has 19 heavy (non-hydrogen) atoms. The topological polar surface area (TPSA) is 55.8 Å². The van der Waals surface area contributed by atoms with E-state index >= 15 is 0 Å². The summed E-state index contributed by atoms with van der Waals surface area (Å²) >= 11 is 0. The highest BCUT2D eigenvalue weighted by atomic mass is 16.5. The van der Waals surface area contributed by atoms with Gasteiger partial charge in [-0.2, -0.15) is 0 Å². The van der Waals surface area contributed by atoms with Crippen LogP contribution in [0.5, 0.6) is 5.75 Å². The van der Waals surface area contributed by atoms with E-state index in [9.17, 15) is 9.59 Å². The normalized spacial score (nSPS) is 9.89. The SMILES string of the molecule is CCN(CC(=O)OC)C(=O)c1ccc(C)c(OC)c1. The average Bonchev–Trinajstić information content (AvgIpc) is 2.44. The second kappa shape index (κ2) is 6.78. The molecule has 0 unspecified atom stereocenters. The molecule has 5 heteroatoms. The first-order chi connectivity index (χ1) is 9.03. The van der Waals surface area contributed by atoms with Crippen molar-refractivity contribution in [1.82, 2.24) is 4.90 Å². The van der Waals surface area contributed by atoms with Crippen LogP contribution in [-0.4, -0.2) is 44.1 Å². The molecular weight excluding hydrogens is 246 g/mol. The van der Waals surface area contributed by atoms with E-state index in [-0.39, 0.29) is 12.5 Å². The van der Waals surface area contributed by atoms with E-state index in [2.05, 4.69) is 4.74 Å². The largest absolute Gasteiger partial charge is 0.496 e. The Morgan fingerprint density at radius 3 is 2.47 bits per heavy atom. The summed E-state index contributed by atoms with van der Waals surface area (Å²) in [5.41, 5.74) is 1.45. The van der Waals surface area contributed by atoms with Gasteiger partial charge in [0.2, 0.25) is 0 Å². The molecule has 0 aromatic heterocycles. The maximum atomic E-state index is 12.3. The lowest BCUT2D eigenvalue weighted by Crippen LogP contribution is -2.36. The monoisotopic (exact) mass is 265 g/mol. The number of rotatable bonds is 5. The van der Waals surface area contributed by atoms with Gasteiger partial charge in [-0.3, -0.25) is 9.59 Å². The van der Waals surface area contributed by atoms with Gasteiger partial charge in [-0.15, -0.1) is 0 Å². The van der Waals surface area contributed by atoms with Crippen LogP contribution in [0.1, 0.15) is 22.8 Å². The molecule has 0 aliphatic rings. The number of benzene rings is 1. The lowest BCUT2D eigenvalue weighted by atomic mass is 10.1. The van der Waals surface area contributed by atoms with Gasteiger partial charge < -0.3 is 14.4 Å². The van der Waals surface area contributed by atoms with E-state index in [1.54, 1.807) is 19.2 Å². The Bertz CT molecular complexity index is 471. The summed E-state index contributed by atoms with van der Waals surface area (Å²) < 4.78 is 9.76. The van der Waals surface area contributed by atoms with E-state index in [0.29, 0.717) is 17.9 Å². The first-order valence-corrected chi connectivity index (χ1v) is 6.04. The molecule has 0 heterocycles. The van der Waals surface area contributed by atoms with Crippen LogP contribution in [0.15, 0.2) is 18.2 Å². The zero-order valence-corrected chi connectivity index (χ0v) is 11.7. The Labute approximate surface area is 113 Å². The van der Waals surface area contributed by atoms with Crippen molar-refractivity contribution >= 4 is 11.9 Å². The van der Waals surface area contributed by atoms with Gasteiger partial charge in [-0.05, 0) is 31.5 Å². The third-order valence-corrected chi connectivity index (χ3v) is 2.87. The molecule has 0 saturated heterocycles. The van der Waals surface area contributed by atoms with Gasteiger partial charge in [0, 0.05) is 12.1 Å². The molecule has 0 atom stereocenters. The van der Waals surface area contributed by atoms with Gasteiger partial charge in [0.15, 0.2) is 0 Å². The second-order valence-corrected chi connectivity index (χ2v) is 4.08.